The number of anilines is 1. The first-order valence-electron chi connectivity index (χ1n) is 9.29. The Morgan fingerprint density at radius 1 is 1.15 bits per heavy atom. The molecule has 0 spiro atoms. The van der Waals surface area contributed by atoms with Gasteiger partial charge in [-0.3, -0.25) is 9.69 Å². The summed E-state index contributed by atoms with van der Waals surface area (Å²) < 4.78 is 1.61. The summed E-state index contributed by atoms with van der Waals surface area (Å²) in [6.45, 7) is 7.15. The van der Waals surface area contributed by atoms with Crippen molar-refractivity contribution in [3.05, 3.63) is 52.3 Å². The minimum atomic E-state index is -0.146. The van der Waals surface area contributed by atoms with Crippen LogP contribution in [0.15, 0.2) is 36.4 Å². The molecule has 0 aliphatic carbocycles. The van der Waals surface area contributed by atoms with Crippen LogP contribution in [-0.4, -0.2) is 54.1 Å². The number of rotatable bonds is 6. The number of nitrogens with one attached hydrogen (secondary N) is 1. The third-order valence-corrected chi connectivity index (χ3v) is 5.94. The molecule has 1 fully saturated rings. The largest absolute Gasteiger partial charge is 0.369 e. The van der Waals surface area contributed by atoms with E-state index in [0.717, 1.165) is 39.1 Å². The molecule has 2 heterocycles. The molecule has 1 aliphatic rings. The van der Waals surface area contributed by atoms with Gasteiger partial charge in [0.25, 0.3) is 5.91 Å². The Bertz CT molecular complexity index is 770. The molecule has 1 atom stereocenters. The number of hydrogen-bond donors (Lipinski definition) is 1. The molecule has 0 bridgehead atoms. The van der Waals surface area contributed by atoms with E-state index in [1.54, 1.807) is 17.7 Å². The molecule has 1 aromatic heterocycles. The van der Waals surface area contributed by atoms with Gasteiger partial charge in [0.05, 0.1) is 5.02 Å². The number of hydrogen-bond acceptors (Lipinski definition) is 3. The van der Waals surface area contributed by atoms with Crippen LogP contribution in [0.1, 0.15) is 23.8 Å². The Kier molecular flexibility index (Phi) is 6.68. The fourth-order valence-electron chi connectivity index (χ4n) is 3.37. The van der Waals surface area contributed by atoms with E-state index in [0.29, 0.717) is 15.9 Å². The van der Waals surface area contributed by atoms with Crippen LogP contribution in [0.5, 0.6) is 0 Å². The molecule has 1 N–H and O–H groups in total. The second-order valence-electron chi connectivity index (χ2n) is 7.05. The van der Waals surface area contributed by atoms with Crippen molar-refractivity contribution >= 4 is 34.8 Å². The van der Waals surface area contributed by atoms with Crippen LogP contribution >= 0.6 is 23.2 Å². The van der Waals surface area contributed by atoms with Crippen LogP contribution in [-0.2, 0) is 7.05 Å². The molecule has 1 saturated heterocycles. The van der Waals surface area contributed by atoms with E-state index < -0.39 is 0 Å². The van der Waals surface area contributed by atoms with Crippen molar-refractivity contribution in [1.82, 2.24) is 14.8 Å². The van der Waals surface area contributed by atoms with Crippen LogP contribution in [0.4, 0.5) is 5.69 Å². The van der Waals surface area contributed by atoms with Gasteiger partial charge in [-0.2, -0.15) is 0 Å². The molecule has 7 heteroatoms. The average molecular weight is 409 g/mol. The lowest BCUT2D eigenvalue weighted by Crippen LogP contribution is -2.47. The van der Waals surface area contributed by atoms with E-state index in [2.05, 4.69) is 39.4 Å². The van der Waals surface area contributed by atoms with Crippen LogP contribution in [0.3, 0.4) is 0 Å². The summed E-state index contributed by atoms with van der Waals surface area (Å²) in [6.07, 6.45) is 0.906. The predicted octanol–water partition coefficient (Wildman–Crippen LogP) is 3.66. The zero-order valence-electron chi connectivity index (χ0n) is 15.8. The fourth-order valence-corrected chi connectivity index (χ4v) is 3.75. The van der Waals surface area contributed by atoms with E-state index in [-0.39, 0.29) is 11.9 Å². The molecular formula is C20H26Cl2N4O. The van der Waals surface area contributed by atoms with Crippen molar-refractivity contribution in [2.75, 3.05) is 37.6 Å². The predicted molar refractivity (Wildman–Crippen MR) is 112 cm³/mol. The third-order valence-electron chi connectivity index (χ3n) is 5.10. The summed E-state index contributed by atoms with van der Waals surface area (Å²) in [4.78, 5) is 17.3. The molecule has 27 heavy (non-hydrogen) atoms. The second-order valence-corrected chi connectivity index (χ2v) is 7.82. The topological polar surface area (TPSA) is 40.5 Å². The zero-order valence-corrected chi connectivity index (χ0v) is 17.3. The first-order valence-corrected chi connectivity index (χ1v) is 10.0. The van der Waals surface area contributed by atoms with E-state index in [4.69, 9.17) is 23.2 Å². The third kappa shape index (κ3) is 4.98. The van der Waals surface area contributed by atoms with E-state index in [1.165, 1.54) is 5.69 Å². The molecule has 1 aliphatic heterocycles. The van der Waals surface area contributed by atoms with Gasteiger partial charge in [0.2, 0.25) is 0 Å². The number of para-hydroxylation sites is 1. The van der Waals surface area contributed by atoms with Gasteiger partial charge in [-0.15, -0.1) is 0 Å². The number of benzene rings is 1. The smallest absolute Gasteiger partial charge is 0.268 e. The van der Waals surface area contributed by atoms with Crippen LogP contribution in [0.25, 0.3) is 0 Å². The van der Waals surface area contributed by atoms with Crippen molar-refractivity contribution in [2.24, 2.45) is 7.05 Å². The van der Waals surface area contributed by atoms with Gasteiger partial charge in [0.15, 0.2) is 0 Å². The fraction of sp³-hybridized carbons (Fsp3) is 0.450. The minimum absolute atomic E-state index is 0.0807. The van der Waals surface area contributed by atoms with E-state index >= 15 is 0 Å². The van der Waals surface area contributed by atoms with Gasteiger partial charge in [-0.05, 0) is 31.5 Å². The highest BCUT2D eigenvalue weighted by atomic mass is 35.5. The molecule has 146 valence electrons. The second kappa shape index (κ2) is 9.00. The van der Waals surface area contributed by atoms with Crippen LogP contribution < -0.4 is 10.2 Å². The maximum Gasteiger partial charge on any atom is 0.268 e. The van der Waals surface area contributed by atoms with E-state index in [1.807, 2.05) is 13.0 Å². The normalized spacial score (nSPS) is 16.4. The average Bonchev–Trinajstić information content (AvgIpc) is 2.95. The first-order chi connectivity index (χ1) is 13.0. The number of aromatic nitrogens is 1. The van der Waals surface area contributed by atoms with Gasteiger partial charge in [0.1, 0.15) is 10.8 Å². The zero-order chi connectivity index (χ0) is 19.4. The lowest BCUT2D eigenvalue weighted by Gasteiger charge is -2.36. The quantitative estimate of drug-likeness (QED) is 0.792. The molecule has 0 saturated carbocycles. The molecule has 1 unspecified atom stereocenters. The number of nitrogens with zero attached hydrogens (tertiary/aromatic N) is 3. The van der Waals surface area contributed by atoms with Crippen molar-refractivity contribution < 1.29 is 4.79 Å². The summed E-state index contributed by atoms with van der Waals surface area (Å²) in [6, 6.07) is 12.2. The summed E-state index contributed by atoms with van der Waals surface area (Å²) in [5, 5.41) is 3.81. The maximum atomic E-state index is 12.4. The highest BCUT2D eigenvalue weighted by Crippen LogP contribution is 2.25. The molecule has 1 aromatic carbocycles. The molecule has 5 nitrogen and oxygen atoms in total. The standard InChI is InChI=1S/C20H26Cl2N4O/c1-15(23-20(27)18-14-17(21)19(22)24(18)2)8-9-25-10-12-26(13-11-25)16-6-4-3-5-7-16/h3-7,14-15H,8-13H2,1-2H3,(H,23,27). The Morgan fingerprint density at radius 3 is 2.41 bits per heavy atom. The Morgan fingerprint density at radius 2 is 1.81 bits per heavy atom. The number of amides is 1. The highest BCUT2D eigenvalue weighted by Gasteiger charge is 2.20. The Hall–Kier alpha value is -1.69. The monoisotopic (exact) mass is 408 g/mol. The summed E-state index contributed by atoms with van der Waals surface area (Å²) in [7, 11) is 1.74. The molecule has 2 aromatic rings. The lowest BCUT2D eigenvalue weighted by atomic mass is 10.2. The first kappa shape index (κ1) is 20.1. The summed E-state index contributed by atoms with van der Waals surface area (Å²) in [5.74, 6) is -0.146. The van der Waals surface area contributed by atoms with E-state index in [9.17, 15) is 4.79 Å². The van der Waals surface area contributed by atoms with Crippen molar-refractivity contribution in [3.63, 3.8) is 0 Å². The number of carbonyl (C=O) groups is 1. The van der Waals surface area contributed by atoms with Gasteiger partial charge >= 0.3 is 0 Å². The minimum Gasteiger partial charge on any atom is -0.369 e. The van der Waals surface area contributed by atoms with Crippen LogP contribution in [0.2, 0.25) is 10.2 Å². The Labute approximate surface area is 170 Å². The summed E-state index contributed by atoms with van der Waals surface area (Å²) >= 11 is 12.0. The number of halogens is 2. The Balaban J connectivity index is 1.42. The van der Waals surface area contributed by atoms with Gasteiger partial charge < -0.3 is 14.8 Å². The van der Waals surface area contributed by atoms with Crippen molar-refractivity contribution in [3.8, 4) is 0 Å². The number of carbonyl (C=O) groups excluding carboxylic acids is 1. The molecule has 3 rings (SSSR count). The van der Waals surface area contributed by atoms with Crippen molar-refractivity contribution in [2.45, 2.75) is 19.4 Å². The molecule has 0 radical (unpaired) electrons. The maximum absolute atomic E-state index is 12.4. The van der Waals surface area contributed by atoms with Crippen molar-refractivity contribution in [1.29, 1.82) is 0 Å². The van der Waals surface area contributed by atoms with Gasteiger partial charge in [-0.1, -0.05) is 41.4 Å². The molecule has 1 amide bonds. The molecular weight excluding hydrogens is 383 g/mol. The van der Waals surface area contributed by atoms with Crippen LogP contribution in [0, 0.1) is 0 Å². The number of piperazine rings is 1. The SMILES string of the molecule is CC(CCN1CCN(c2ccccc2)CC1)NC(=O)c1cc(Cl)c(Cl)n1C. The highest BCUT2D eigenvalue weighted by molar-refractivity contribution is 6.41. The summed E-state index contributed by atoms with van der Waals surface area (Å²) in [5.41, 5.74) is 1.77. The van der Waals surface area contributed by atoms with Gasteiger partial charge in [0, 0.05) is 51.5 Å². The lowest BCUT2D eigenvalue weighted by molar-refractivity contribution is 0.0927. The van der Waals surface area contributed by atoms with Gasteiger partial charge in [-0.25, -0.2) is 0 Å².